The Morgan fingerprint density at radius 3 is 2.17 bits per heavy atom. The van der Waals surface area contributed by atoms with Crippen LogP contribution in [0.5, 0.6) is 0 Å². The van der Waals surface area contributed by atoms with Gasteiger partial charge in [0.15, 0.2) is 0 Å². The molecule has 0 radical (unpaired) electrons. The molecular formula is C20H41N3O. The van der Waals surface area contributed by atoms with E-state index < -0.39 is 0 Å². The first kappa shape index (κ1) is 21.4. The molecule has 0 aromatic carbocycles. The standard InChI is InChI=1S/C20H41N3O/c1-6-7-12-23(19(24)18-20(2,3)4)13-10-8-9-11-22-16-14-21(5)15-17-22/h6-18H2,1-5H3. The van der Waals surface area contributed by atoms with E-state index in [1.807, 2.05) is 0 Å². The number of nitrogens with zero attached hydrogens (tertiary/aromatic N) is 3. The molecular weight excluding hydrogens is 298 g/mol. The number of unbranched alkanes of at least 4 members (excludes halogenated alkanes) is 3. The van der Waals surface area contributed by atoms with E-state index in [1.165, 1.54) is 45.6 Å². The Bertz CT molecular complexity index is 343. The molecule has 0 aliphatic carbocycles. The van der Waals surface area contributed by atoms with Gasteiger partial charge < -0.3 is 14.7 Å². The van der Waals surface area contributed by atoms with E-state index >= 15 is 0 Å². The van der Waals surface area contributed by atoms with Crippen molar-refractivity contribution in [2.45, 2.75) is 66.2 Å². The van der Waals surface area contributed by atoms with E-state index in [0.29, 0.717) is 12.3 Å². The van der Waals surface area contributed by atoms with E-state index in [-0.39, 0.29) is 5.41 Å². The SMILES string of the molecule is CCCCN(CCCCCN1CCN(C)CC1)C(=O)CC(C)(C)C. The quantitative estimate of drug-likeness (QED) is 0.570. The molecule has 1 aliphatic rings. The van der Waals surface area contributed by atoms with Crippen molar-refractivity contribution in [3.8, 4) is 0 Å². The van der Waals surface area contributed by atoms with Crippen molar-refractivity contribution in [3.05, 3.63) is 0 Å². The van der Waals surface area contributed by atoms with Gasteiger partial charge in [-0.1, -0.05) is 40.5 Å². The van der Waals surface area contributed by atoms with Crippen LogP contribution in [0.1, 0.15) is 66.2 Å². The van der Waals surface area contributed by atoms with Gasteiger partial charge in [0.05, 0.1) is 0 Å². The molecule has 1 amide bonds. The van der Waals surface area contributed by atoms with E-state index in [0.717, 1.165) is 32.4 Å². The third-order valence-electron chi connectivity index (χ3n) is 4.81. The first-order valence-electron chi connectivity index (χ1n) is 10.0. The Kier molecular flexibility index (Phi) is 9.91. The number of amides is 1. The second-order valence-corrected chi connectivity index (χ2v) is 8.68. The largest absolute Gasteiger partial charge is 0.343 e. The van der Waals surface area contributed by atoms with Gasteiger partial charge in [-0.15, -0.1) is 0 Å². The molecule has 24 heavy (non-hydrogen) atoms. The molecule has 1 rings (SSSR count). The van der Waals surface area contributed by atoms with Crippen molar-refractivity contribution >= 4 is 5.91 Å². The van der Waals surface area contributed by atoms with Crippen molar-refractivity contribution in [2.75, 3.05) is 52.9 Å². The molecule has 0 saturated carbocycles. The summed E-state index contributed by atoms with van der Waals surface area (Å²) in [6, 6.07) is 0. The maximum absolute atomic E-state index is 12.5. The van der Waals surface area contributed by atoms with Crippen LogP contribution in [-0.2, 0) is 4.79 Å². The summed E-state index contributed by atoms with van der Waals surface area (Å²) in [7, 11) is 2.21. The van der Waals surface area contributed by atoms with Gasteiger partial charge in [-0.05, 0) is 38.3 Å². The average Bonchev–Trinajstić information content (AvgIpc) is 2.50. The van der Waals surface area contributed by atoms with Gasteiger partial charge in [0.25, 0.3) is 0 Å². The normalized spacial score (nSPS) is 17.2. The summed E-state index contributed by atoms with van der Waals surface area (Å²) in [4.78, 5) is 19.6. The average molecular weight is 340 g/mol. The predicted molar refractivity (Wildman–Crippen MR) is 103 cm³/mol. The Morgan fingerprint density at radius 2 is 1.58 bits per heavy atom. The molecule has 4 heteroatoms. The van der Waals surface area contributed by atoms with Crippen LogP contribution in [-0.4, -0.2) is 73.5 Å². The van der Waals surface area contributed by atoms with Gasteiger partial charge in [-0.2, -0.15) is 0 Å². The Morgan fingerprint density at radius 1 is 0.958 bits per heavy atom. The molecule has 0 aromatic heterocycles. The molecule has 142 valence electrons. The lowest BCUT2D eigenvalue weighted by Crippen LogP contribution is -2.44. The number of piperazine rings is 1. The summed E-state index contributed by atoms with van der Waals surface area (Å²) >= 11 is 0. The lowest BCUT2D eigenvalue weighted by atomic mass is 9.91. The predicted octanol–water partition coefficient (Wildman–Crippen LogP) is 3.47. The maximum atomic E-state index is 12.5. The Hall–Kier alpha value is -0.610. The summed E-state index contributed by atoms with van der Waals surface area (Å²) in [6.07, 6.45) is 6.59. The van der Waals surface area contributed by atoms with Gasteiger partial charge in [-0.25, -0.2) is 0 Å². The number of carbonyl (C=O) groups is 1. The van der Waals surface area contributed by atoms with Crippen molar-refractivity contribution < 1.29 is 4.79 Å². The summed E-state index contributed by atoms with van der Waals surface area (Å²) in [5.74, 6) is 0.343. The third kappa shape index (κ3) is 9.63. The van der Waals surface area contributed by atoms with Crippen LogP contribution in [0.3, 0.4) is 0 Å². The highest BCUT2D eigenvalue weighted by Gasteiger charge is 2.20. The van der Waals surface area contributed by atoms with Gasteiger partial charge in [0.2, 0.25) is 5.91 Å². The summed E-state index contributed by atoms with van der Waals surface area (Å²) in [6.45, 7) is 16.6. The Labute approximate surface area is 150 Å². The van der Waals surface area contributed by atoms with Crippen LogP contribution in [0.25, 0.3) is 0 Å². The fourth-order valence-electron chi connectivity index (χ4n) is 3.16. The maximum Gasteiger partial charge on any atom is 0.223 e. The molecule has 0 aromatic rings. The van der Waals surface area contributed by atoms with E-state index in [1.54, 1.807) is 0 Å². The van der Waals surface area contributed by atoms with E-state index in [2.05, 4.69) is 49.4 Å². The van der Waals surface area contributed by atoms with Crippen LogP contribution < -0.4 is 0 Å². The molecule has 0 atom stereocenters. The van der Waals surface area contributed by atoms with Crippen molar-refractivity contribution in [3.63, 3.8) is 0 Å². The minimum absolute atomic E-state index is 0.0863. The lowest BCUT2D eigenvalue weighted by Gasteiger charge is -2.32. The van der Waals surface area contributed by atoms with Crippen LogP contribution in [0.4, 0.5) is 0 Å². The highest BCUT2D eigenvalue weighted by atomic mass is 16.2. The zero-order valence-electron chi connectivity index (χ0n) is 16.9. The van der Waals surface area contributed by atoms with Gasteiger partial charge >= 0.3 is 0 Å². The lowest BCUT2D eigenvalue weighted by molar-refractivity contribution is -0.133. The van der Waals surface area contributed by atoms with Gasteiger partial charge in [-0.3, -0.25) is 4.79 Å². The smallest absolute Gasteiger partial charge is 0.223 e. The number of rotatable bonds is 10. The highest BCUT2D eigenvalue weighted by molar-refractivity contribution is 5.76. The molecule has 0 spiro atoms. The topological polar surface area (TPSA) is 26.8 Å². The first-order chi connectivity index (χ1) is 11.3. The van der Waals surface area contributed by atoms with Crippen molar-refractivity contribution in [1.29, 1.82) is 0 Å². The van der Waals surface area contributed by atoms with Crippen molar-refractivity contribution in [2.24, 2.45) is 5.41 Å². The highest BCUT2D eigenvalue weighted by Crippen LogP contribution is 2.20. The molecule has 0 bridgehead atoms. The van der Waals surface area contributed by atoms with E-state index in [4.69, 9.17) is 0 Å². The summed E-state index contributed by atoms with van der Waals surface area (Å²) in [5, 5.41) is 0. The minimum Gasteiger partial charge on any atom is -0.343 e. The van der Waals surface area contributed by atoms with Crippen LogP contribution in [0.2, 0.25) is 0 Å². The molecule has 1 aliphatic heterocycles. The molecule has 1 fully saturated rings. The number of hydrogen-bond donors (Lipinski definition) is 0. The van der Waals surface area contributed by atoms with Gasteiger partial charge in [0.1, 0.15) is 0 Å². The molecule has 4 nitrogen and oxygen atoms in total. The third-order valence-corrected chi connectivity index (χ3v) is 4.81. The monoisotopic (exact) mass is 339 g/mol. The minimum atomic E-state index is 0.0863. The molecule has 1 heterocycles. The summed E-state index contributed by atoms with van der Waals surface area (Å²) in [5.41, 5.74) is 0.0863. The summed E-state index contributed by atoms with van der Waals surface area (Å²) < 4.78 is 0. The number of likely N-dealkylation sites (N-methyl/N-ethyl adjacent to an activating group) is 1. The zero-order chi connectivity index (χ0) is 18.0. The molecule has 0 unspecified atom stereocenters. The van der Waals surface area contributed by atoms with Crippen LogP contribution in [0.15, 0.2) is 0 Å². The number of carbonyl (C=O) groups excluding carboxylic acids is 1. The van der Waals surface area contributed by atoms with Crippen LogP contribution in [0, 0.1) is 5.41 Å². The van der Waals surface area contributed by atoms with E-state index in [9.17, 15) is 4.79 Å². The molecule has 1 saturated heterocycles. The number of hydrogen-bond acceptors (Lipinski definition) is 3. The second kappa shape index (κ2) is 11.1. The first-order valence-corrected chi connectivity index (χ1v) is 10.0. The fraction of sp³-hybridized carbons (Fsp3) is 0.950. The van der Waals surface area contributed by atoms with Gasteiger partial charge in [0, 0.05) is 45.7 Å². The van der Waals surface area contributed by atoms with Crippen LogP contribution >= 0.6 is 0 Å². The zero-order valence-corrected chi connectivity index (χ0v) is 16.9. The molecule has 0 N–H and O–H groups in total. The fourth-order valence-corrected chi connectivity index (χ4v) is 3.16. The Balaban J connectivity index is 2.22. The second-order valence-electron chi connectivity index (χ2n) is 8.68. The van der Waals surface area contributed by atoms with Crippen molar-refractivity contribution in [1.82, 2.24) is 14.7 Å².